The first-order valence-electron chi connectivity index (χ1n) is 9.96. The first-order valence-corrected chi connectivity index (χ1v) is 13.3. The number of hydrogen-bond donors (Lipinski definition) is 1. The second kappa shape index (κ2) is 9.26. The van der Waals surface area contributed by atoms with Crippen molar-refractivity contribution in [1.82, 2.24) is 0 Å². The van der Waals surface area contributed by atoms with Crippen molar-refractivity contribution in [2.75, 3.05) is 17.2 Å². The Kier molecular flexibility index (Phi) is 6.85. The summed E-state index contributed by atoms with van der Waals surface area (Å²) in [5.41, 5.74) is 8.11. The highest BCUT2D eigenvalue weighted by Gasteiger charge is 2.32. The van der Waals surface area contributed by atoms with Crippen LogP contribution in [0.25, 0.3) is 0 Å². The summed E-state index contributed by atoms with van der Waals surface area (Å²) >= 11 is 0. The number of nitrogens with two attached hydrogens (primary N) is 1. The molecule has 3 rings (SSSR count). The molecule has 32 heavy (non-hydrogen) atoms. The number of ketones is 1. The molecule has 0 aliphatic heterocycles. The Morgan fingerprint density at radius 2 is 1.06 bits per heavy atom. The average Bonchev–Trinajstić information content (AvgIpc) is 2.73. The van der Waals surface area contributed by atoms with Crippen LogP contribution in [0.1, 0.15) is 21.5 Å². The number of sulfone groups is 2. The second-order valence-electron chi connectivity index (χ2n) is 7.87. The van der Waals surface area contributed by atoms with Crippen molar-refractivity contribution >= 4 is 31.1 Å². The van der Waals surface area contributed by atoms with Gasteiger partial charge in [-0.25, -0.2) is 16.8 Å². The van der Waals surface area contributed by atoms with E-state index in [1.165, 1.54) is 48.5 Å². The molecule has 0 aliphatic carbocycles. The number of aryl methyl sites for hydroxylation is 2. The van der Waals surface area contributed by atoms with Gasteiger partial charge in [0.2, 0.25) is 0 Å². The summed E-state index contributed by atoms with van der Waals surface area (Å²) in [5.74, 6) is -3.08. The van der Waals surface area contributed by atoms with Crippen LogP contribution in [0.4, 0.5) is 5.69 Å². The van der Waals surface area contributed by atoms with Crippen LogP contribution < -0.4 is 5.73 Å². The molecular formula is C24H25NO5S2. The predicted octanol–water partition coefficient (Wildman–Crippen LogP) is 3.63. The first kappa shape index (κ1) is 23.7. The van der Waals surface area contributed by atoms with Crippen molar-refractivity contribution in [3.63, 3.8) is 0 Å². The normalized spacial score (nSPS) is 12.1. The van der Waals surface area contributed by atoms with Crippen LogP contribution in [0.15, 0.2) is 82.6 Å². The lowest BCUT2D eigenvalue weighted by molar-refractivity contribution is 0.0942. The Labute approximate surface area is 188 Å². The van der Waals surface area contributed by atoms with Crippen LogP contribution in [-0.2, 0) is 19.7 Å². The Hall–Kier alpha value is -2.97. The fourth-order valence-electron chi connectivity index (χ4n) is 3.30. The third kappa shape index (κ3) is 5.63. The third-order valence-corrected chi connectivity index (χ3v) is 8.83. The van der Waals surface area contributed by atoms with Crippen LogP contribution in [-0.4, -0.2) is 34.1 Å². The lowest BCUT2D eigenvalue weighted by atomic mass is 10.0. The summed E-state index contributed by atoms with van der Waals surface area (Å²) in [6, 6.07) is 18.5. The van der Waals surface area contributed by atoms with Crippen molar-refractivity contribution in [2.45, 2.75) is 23.6 Å². The monoisotopic (exact) mass is 471 g/mol. The smallest absolute Gasteiger partial charge is 0.179 e. The van der Waals surface area contributed by atoms with Gasteiger partial charge in [-0.15, -0.1) is 0 Å². The summed E-state index contributed by atoms with van der Waals surface area (Å²) in [6.07, 6.45) is 0. The van der Waals surface area contributed by atoms with Gasteiger partial charge in [0.1, 0.15) is 0 Å². The molecule has 8 heteroatoms. The minimum absolute atomic E-state index is 0.0472. The average molecular weight is 472 g/mol. The molecule has 168 valence electrons. The van der Waals surface area contributed by atoms with Gasteiger partial charge in [0.05, 0.1) is 27.2 Å². The molecule has 0 amide bonds. The first-order chi connectivity index (χ1) is 15.0. The lowest BCUT2D eigenvalue weighted by Crippen LogP contribution is -2.31. The summed E-state index contributed by atoms with van der Waals surface area (Å²) in [4.78, 5) is 13.3. The summed E-state index contributed by atoms with van der Waals surface area (Å²) < 4.78 is 52.2. The maximum atomic E-state index is 13.2. The Bertz CT molecular complexity index is 1230. The van der Waals surface area contributed by atoms with Gasteiger partial charge in [-0.1, -0.05) is 35.4 Å². The SMILES string of the molecule is Cc1ccc(S(=O)(=O)CC(CS(=O)(=O)c2ccc(C)cc2)C(=O)c2ccc(N)cc2)cc1. The van der Waals surface area contributed by atoms with Crippen LogP contribution in [0.3, 0.4) is 0 Å². The summed E-state index contributed by atoms with van der Waals surface area (Å²) in [6.45, 7) is 3.66. The number of nitrogen functional groups attached to an aromatic ring is 1. The topological polar surface area (TPSA) is 111 Å². The number of carbonyl (C=O) groups excluding carboxylic acids is 1. The molecule has 0 saturated heterocycles. The minimum atomic E-state index is -3.91. The molecule has 0 aromatic heterocycles. The van der Waals surface area contributed by atoms with Gasteiger partial charge in [-0.05, 0) is 62.4 Å². The highest BCUT2D eigenvalue weighted by atomic mass is 32.2. The van der Waals surface area contributed by atoms with Gasteiger partial charge in [0, 0.05) is 11.3 Å². The predicted molar refractivity (Wildman–Crippen MR) is 125 cm³/mol. The van der Waals surface area contributed by atoms with Gasteiger partial charge in [0.25, 0.3) is 0 Å². The highest BCUT2D eigenvalue weighted by Crippen LogP contribution is 2.23. The molecule has 0 atom stereocenters. The molecule has 0 bridgehead atoms. The number of rotatable bonds is 8. The summed E-state index contributed by atoms with van der Waals surface area (Å²) in [7, 11) is -7.82. The zero-order valence-electron chi connectivity index (χ0n) is 17.9. The van der Waals surface area contributed by atoms with E-state index in [1.54, 1.807) is 24.3 Å². The molecule has 2 N–H and O–H groups in total. The quantitative estimate of drug-likeness (QED) is 0.397. The van der Waals surface area contributed by atoms with Crippen LogP contribution in [0.2, 0.25) is 0 Å². The highest BCUT2D eigenvalue weighted by molar-refractivity contribution is 7.92. The lowest BCUT2D eigenvalue weighted by Gasteiger charge is -2.17. The van der Waals surface area contributed by atoms with E-state index in [-0.39, 0.29) is 15.4 Å². The molecular weight excluding hydrogens is 446 g/mol. The molecule has 0 radical (unpaired) electrons. The van der Waals surface area contributed by atoms with Crippen LogP contribution >= 0.6 is 0 Å². The molecule has 6 nitrogen and oxygen atoms in total. The van der Waals surface area contributed by atoms with Crippen molar-refractivity contribution in [2.24, 2.45) is 5.92 Å². The van der Waals surface area contributed by atoms with Crippen LogP contribution in [0, 0.1) is 19.8 Å². The van der Waals surface area contributed by atoms with Gasteiger partial charge in [0.15, 0.2) is 25.5 Å². The van der Waals surface area contributed by atoms with Crippen molar-refractivity contribution < 1.29 is 21.6 Å². The van der Waals surface area contributed by atoms with Gasteiger partial charge < -0.3 is 5.73 Å². The Balaban J connectivity index is 1.98. The van der Waals surface area contributed by atoms with E-state index in [9.17, 15) is 21.6 Å². The molecule has 0 spiro atoms. The zero-order valence-corrected chi connectivity index (χ0v) is 19.5. The van der Waals surface area contributed by atoms with E-state index < -0.39 is 42.9 Å². The maximum Gasteiger partial charge on any atom is 0.179 e. The zero-order chi connectivity index (χ0) is 23.5. The van der Waals surface area contributed by atoms with Crippen molar-refractivity contribution in [3.05, 3.63) is 89.5 Å². The van der Waals surface area contributed by atoms with E-state index in [4.69, 9.17) is 5.73 Å². The maximum absolute atomic E-state index is 13.2. The number of hydrogen-bond acceptors (Lipinski definition) is 6. The second-order valence-corrected chi connectivity index (χ2v) is 11.9. The molecule has 0 saturated carbocycles. The number of carbonyl (C=O) groups is 1. The van der Waals surface area contributed by atoms with E-state index in [2.05, 4.69) is 0 Å². The molecule has 3 aromatic rings. The van der Waals surface area contributed by atoms with Crippen molar-refractivity contribution in [1.29, 1.82) is 0 Å². The largest absolute Gasteiger partial charge is 0.399 e. The minimum Gasteiger partial charge on any atom is -0.399 e. The van der Waals surface area contributed by atoms with E-state index in [0.717, 1.165) is 11.1 Å². The number of benzene rings is 3. The molecule has 0 unspecified atom stereocenters. The van der Waals surface area contributed by atoms with E-state index in [0.29, 0.717) is 5.69 Å². The van der Waals surface area contributed by atoms with E-state index in [1.807, 2.05) is 13.8 Å². The molecule has 3 aromatic carbocycles. The molecule has 0 aliphatic rings. The fourth-order valence-corrected chi connectivity index (χ4v) is 6.53. The molecule has 0 heterocycles. The number of Topliss-reactive ketones (excluding diaryl/α,β-unsaturated/α-hetero) is 1. The van der Waals surface area contributed by atoms with Gasteiger partial charge >= 0.3 is 0 Å². The van der Waals surface area contributed by atoms with Crippen molar-refractivity contribution in [3.8, 4) is 0 Å². The Morgan fingerprint density at radius 3 is 1.44 bits per heavy atom. The third-order valence-electron chi connectivity index (χ3n) is 5.17. The fraction of sp³-hybridized carbons (Fsp3) is 0.208. The Morgan fingerprint density at radius 1 is 0.688 bits per heavy atom. The van der Waals surface area contributed by atoms with Crippen LogP contribution in [0.5, 0.6) is 0 Å². The molecule has 0 fully saturated rings. The van der Waals surface area contributed by atoms with Gasteiger partial charge in [-0.2, -0.15) is 0 Å². The van der Waals surface area contributed by atoms with Gasteiger partial charge in [-0.3, -0.25) is 4.79 Å². The van der Waals surface area contributed by atoms with E-state index >= 15 is 0 Å². The summed E-state index contributed by atoms with van der Waals surface area (Å²) in [5, 5.41) is 0. The standard InChI is InChI=1S/C24H25NO5S2/c1-17-3-11-22(12-4-17)31(27,28)15-20(24(26)19-7-9-21(25)10-8-19)16-32(29,30)23-13-5-18(2)6-14-23/h3-14,20H,15-16,25H2,1-2H3. The number of anilines is 1.